The van der Waals surface area contributed by atoms with Gasteiger partial charge in [0.25, 0.3) is 0 Å². The lowest BCUT2D eigenvalue weighted by Gasteiger charge is -2.33. The van der Waals surface area contributed by atoms with Crippen molar-refractivity contribution in [3.63, 3.8) is 0 Å². The van der Waals surface area contributed by atoms with E-state index in [1.165, 1.54) is 22.4 Å². The molecule has 1 fully saturated rings. The largest absolute Gasteiger partial charge is 0.364 e. The molecule has 2 aliphatic rings. The van der Waals surface area contributed by atoms with Crippen molar-refractivity contribution < 1.29 is 0 Å². The van der Waals surface area contributed by atoms with E-state index in [0.29, 0.717) is 6.04 Å². The lowest BCUT2D eigenvalue weighted by molar-refractivity contribution is 0.198. The fraction of sp³-hybridized carbons (Fsp3) is 0.423. The van der Waals surface area contributed by atoms with E-state index in [4.69, 9.17) is 0 Å². The predicted molar refractivity (Wildman–Crippen MR) is 131 cm³/mol. The molecule has 0 unspecified atom stereocenters. The molecule has 0 aromatic heterocycles. The van der Waals surface area contributed by atoms with E-state index in [2.05, 4.69) is 93.0 Å². The van der Waals surface area contributed by atoms with Gasteiger partial charge in [0, 0.05) is 58.0 Å². The van der Waals surface area contributed by atoms with Crippen LogP contribution in [0, 0.1) is 6.92 Å². The molecule has 4 rings (SSSR count). The fourth-order valence-electron chi connectivity index (χ4n) is 4.39. The molecular weight excluding hydrogens is 382 g/mol. The number of aryl methyl sites for hydroxylation is 1. The Morgan fingerprint density at radius 2 is 1.74 bits per heavy atom. The lowest BCUT2D eigenvalue weighted by atomic mass is 10.0. The Hall–Kier alpha value is -2.79. The van der Waals surface area contributed by atoms with E-state index >= 15 is 0 Å². The third kappa shape index (κ3) is 6.11. The number of guanidine groups is 1. The van der Waals surface area contributed by atoms with Gasteiger partial charge in [0.05, 0.1) is 0 Å². The van der Waals surface area contributed by atoms with Gasteiger partial charge in [-0.25, -0.2) is 0 Å². The number of piperidine rings is 1. The molecule has 164 valence electrons. The number of nitrogens with zero attached hydrogens (tertiary/aromatic N) is 3. The van der Waals surface area contributed by atoms with Crippen LogP contribution in [-0.2, 0) is 13.1 Å². The average Bonchev–Trinajstić information content (AvgIpc) is 3.33. The molecule has 2 heterocycles. The number of likely N-dealkylation sites (tertiary alicyclic amines) is 1. The summed E-state index contributed by atoms with van der Waals surface area (Å²) >= 11 is 0. The first-order valence-electron chi connectivity index (χ1n) is 11.4. The summed E-state index contributed by atoms with van der Waals surface area (Å²) in [5.74, 6) is 0.893. The van der Waals surface area contributed by atoms with Crippen LogP contribution in [0.2, 0.25) is 0 Å². The Balaban J connectivity index is 1.20. The van der Waals surface area contributed by atoms with Gasteiger partial charge in [0.2, 0.25) is 0 Å². The highest BCUT2D eigenvalue weighted by Gasteiger charge is 2.20. The summed E-state index contributed by atoms with van der Waals surface area (Å²) in [6.07, 6.45) is 6.73. The van der Waals surface area contributed by atoms with Crippen molar-refractivity contribution in [2.75, 3.05) is 38.1 Å². The van der Waals surface area contributed by atoms with Crippen LogP contribution >= 0.6 is 0 Å². The number of aliphatic imine (C=N–C) groups is 1. The maximum absolute atomic E-state index is 4.44. The number of rotatable bonds is 6. The van der Waals surface area contributed by atoms with Gasteiger partial charge in [-0.05, 0) is 43.0 Å². The summed E-state index contributed by atoms with van der Waals surface area (Å²) in [6, 6.07) is 18.2. The van der Waals surface area contributed by atoms with Gasteiger partial charge in [-0.3, -0.25) is 9.89 Å². The summed E-state index contributed by atoms with van der Waals surface area (Å²) in [7, 11) is 1.85. The summed E-state index contributed by atoms with van der Waals surface area (Å²) in [5, 5.41) is 7.10. The van der Waals surface area contributed by atoms with Crippen LogP contribution in [0.1, 0.15) is 29.5 Å². The minimum absolute atomic E-state index is 0.477. The zero-order valence-corrected chi connectivity index (χ0v) is 18.8. The number of benzene rings is 2. The average molecular weight is 418 g/mol. The molecule has 0 saturated carbocycles. The molecule has 0 spiro atoms. The van der Waals surface area contributed by atoms with E-state index in [9.17, 15) is 0 Å². The summed E-state index contributed by atoms with van der Waals surface area (Å²) < 4.78 is 0. The second-order valence-corrected chi connectivity index (χ2v) is 8.65. The van der Waals surface area contributed by atoms with E-state index < -0.39 is 0 Å². The van der Waals surface area contributed by atoms with Crippen molar-refractivity contribution in [3.8, 4) is 0 Å². The highest BCUT2D eigenvalue weighted by Crippen LogP contribution is 2.18. The second-order valence-electron chi connectivity index (χ2n) is 8.65. The number of hydrogen-bond acceptors (Lipinski definition) is 3. The van der Waals surface area contributed by atoms with Crippen molar-refractivity contribution in [1.82, 2.24) is 15.5 Å². The van der Waals surface area contributed by atoms with E-state index in [1.807, 2.05) is 7.05 Å². The molecule has 31 heavy (non-hydrogen) atoms. The molecule has 2 aromatic rings. The molecule has 0 bridgehead atoms. The Morgan fingerprint density at radius 3 is 2.42 bits per heavy atom. The topological polar surface area (TPSA) is 42.9 Å². The summed E-state index contributed by atoms with van der Waals surface area (Å²) in [4.78, 5) is 9.36. The van der Waals surface area contributed by atoms with Crippen LogP contribution in [0.4, 0.5) is 5.69 Å². The molecule has 5 heteroatoms. The standard InChI is InChI=1S/C26H35N5/c1-21-6-5-7-23(18-21)20-30-16-12-24(13-17-30)29-26(27-2)28-19-22-8-10-25(11-9-22)31-14-3-4-15-31/h3-11,18,24H,12-17,19-20H2,1-2H3,(H2,27,28,29). The zero-order valence-electron chi connectivity index (χ0n) is 18.8. The molecule has 1 saturated heterocycles. The quantitative estimate of drug-likeness (QED) is 0.427. The van der Waals surface area contributed by atoms with Crippen LogP contribution < -0.4 is 15.5 Å². The summed E-state index contributed by atoms with van der Waals surface area (Å²) in [5.41, 5.74) is 5.31. The first kappa shape index (κ1) is 21.4. The van der Waals surface area contributed by atoms with Crippen molar-refractivity contribution >= 4 is 11.6 Å². The van der Waals surface area contributed by atoms with Crippen LogP contribution in [0.5, 0.6) is 0 Å². The Labute approximate surface area is 186 Å². The number of anilines is 1. The van der Waals surface area contributed by atoms with Crippen molar-refractivity contribution in [2.45, 2.75) is 38.9 Å². The Kier molecular flexibility index (Phi) is 7.26. The van der Waals surface area contributed by atoms with Gasteiger partial charge in [0.15, 0.2) is 5.96 Å². The van der Waals surface area contributed by atoms with Crippen LogP contribution in [0.3, 0.4) is 0 Å². The normalized spacial score (nSPS) is 17.9. The van der Waals surface area contributed by atoms with E-state index in [1.54, 1.807) is 0 Å². The molecule has 5 nitrogen and oxygen atoms in total. The minimum Gasteiger partial charge on any atom is -0.364 e. The van der Waals surface area contributed by atoms with Gasteiger partial charge in [-0.1, -0.05) is 54.1 Å². The molecule has 0 atom stereocenters. The lowest BCUT2D eigenvalue weighted by Crippen LogP contribution is -2.48. The van der Waals surface area contributed by atoms with Crippen LogP contribution in [-0.4, -0.2) is 50.1 Å². The maximum atomic E-state index is 4.44. The predicted octanol–water partition coefficient (Wildman–Crippen LogP) is 3.70. The van der Waals surface area contributed by atoms with Gasteiger partial charge in [0.1, 0.15) is 0 Å². The molecule has 2 N–H and O–H groups in total. The molecule has 0 aliphatic carbocycles. The van der Waals surface area contributed by atoms with Crippen molar-refractivity contribution in [2.24, 2.45) is 4.99 Å². The van der Waals surface area contributed by atoms with E-state index in [0.717, 1.165) is 58.1 Å². The molecule has 2 aromatic carbocycles. The smallest absolute Gasteiger partial charge is 0.191 e. The van der Waals surface area contributed by atoms with Crippen LogP contribution in [0.15, 0.2) is 65.7 Å². The Morgan fingerprint density at radius 1 is 1.00 bits per heavy atom. The SMILES string of the molecule is CN=C(NCc1ccc(N2CC=CC2)cc1)NC1CCN(Cc2cccc(C)c2)CC1. The third-order valence-electron chi connectivity index (χ3n) is 6.22. The van der Waals surface area contributed by atoms with Crippen molar-refractivity contribution in [3.05, 3.63) is 77.4 Å². The highest BCUT2D eigenvalue weighted by molar-refractivity contribution is 5.80. The van der Waals surface area contributed by atoms with Gasteiger partial charge in [-0.15, -0.1) is 0 Å². The third-order valence-corrected chi connectivity index (χ3v) is 6.22. The maximum Gasteiger partial charge on any atom is 0.191 e. The van der Waals surface area contributed by atoms with Gasteiger partial charge >= 0.3 is 0 Å². The first-order chi connectivity index (χ1) is 15.2. The Bertz CT molecular complexity index is 886. The molecular formula is C26H35N5. The molecule has 2 aliphatic heterocycles. The summed E-state index contributed by atoms with van der Waals surface area (Å²) in [6.45, 7) is 8.26. The second kappa shape index (κ2) is 10.5. The number of hydrogen-bond donors (Lipinski definition) is 2. The van der Waals surface area contributed by atoms with Crippen LogP contribution in [0.25, 0.3) is 0 Å². The highest BCUT2D eigenvalue weighted by atomic mass is 15.2. The van der Waals surface area contributed by atoms with Gasteiger partial charge < -0.3 is 15.5 Å². The fourth-order valence-corrected chi connectivity index (χ4v) is 4.39. The molecule has 0 radical (unpaired) electrons. The monoisotopic (exact) mass is 417 g/mol. The minimum atomic E-state index is 0.477. The number of nitrogens with one attached hydrogen (secondary N) is 2. The van der Waals surface area contributed by atoms with Gasteiger partial charge in [-0.2, -0.15) is 0 Å². The zero-order chi connectivity index (χ0) is 21.5. The van der Waals surface area contributed by atoms with Crippen molar-refractivity contribution in [1.29, 1.82) is 0 Å². The first-order valence-corrected chi connectivity index (χ1v) is 11.4. The van der Waals surface area contributed by atoms with E-state index in [-0.39, 0.29) is 0 Å². The molecule has 0 amide bonds.